The number of morpholine rings is 1. The van der Waals surface area contributed by atoms with Crippen molar-refractivity contribution in [1.82, 2.24) is 4.90 Å². The van der Waals surface area contributed by atoms with Gasteiger partial charge in [-0.05, 0) is 61.5 Å². The quantitative estimate of drug-likeness (QED) is 0.715. The largest absolute Gasteiger partial charge is 0.457 e. The van der Waals surface area contributed by atoms with E-state index >= 15 is 0 Å². The van der Waals surface area contributed by atoms with Crippen LogP contribution >= 0.6 is 11.8 Å². The average molecular weight is 394 g/mol. The molecule has 2 aromatic rings. The molecule has 0 spiro atoms. The first-order chi connectivity index (χ1) is 13.6. The molecular formula is C22H22N2O3S. The summed E-state index contributed by atoms with van der Waals surface area (Å²) in [6.45, 7) is 5.58. The Bertz CT molecular complexity index is 916. The number of rotatable bonds is 3. The molecule has 1 amide bonds. The van der Waals surface area contributed by atoms with Crippen LogP contribution in [0, 0.1) is 0 Å². The predicted octanol–water partition coefficient (Wildman–Crippen LogP) is 4.56. The Morgan fingerprint density at radius 3 is 2.54 bits per heavy atom. The molecule has 2 aliphatic rings. The van der Waals surface area contributed by atoms with E-state index in [0.717, 1.165) is 35.3 Å². The van der Waals surface area contributed by atoms with Crippen LogP contribution in [-0.4, -0.2) is 41.3 Å². The summed E-state index contributed by atoms with van der Waals surface area (Å²) >= 11 is 1.43. The number of hydrogen-bond donors (Lipinski definition) is 0. The van der Waals surface area contributed by atoms with Crippen LogP contribution in [0.25, 0.3) is 6.08 Å². The maximum atomic E-state index is 12.4. The van der Waals surface area contributed by atoms with Crippen LogP contribution in [0.15, 0.2) is 64.5 Å². The van der Waals surface area contributed by atoms with Gasteiger partial charge in [0.25, 0.3) is 5.91 Å². The average Bonchev–Trinajstić information content (AvgIpc) is 3.03. The van der Waals surface area contributed by atoms with E-state index in [2.05, 4.69) is 9.89 Å². The molecule has 1 fully saturated rings. The Labute approximate surface area is 169 Å². The number of para-hydroxylation sites is 1. The number of amides is 1. The van der Waals surface area contributed by atoms with E-state index in [1.165, 1.54) is 11.8 Å². The summed E-state index contributed by atoms with van der Waals surface area (Å²) in [6, 6.07) is 17.3. The Hall–Kier alpha value is -2.57. The molecule has 2 aliphatic heterocycles. The standard InChI is InChI=1S/C22H22N2O3S/c1-15-13-24(14-16(2)26-15)22-23-21(25)20(28-22)12-17-7-6-10-19(11-17)27-18-8-4-3-5-9-18/h3-12,15-16H,13-14H2,1-2H3/b20-12-/t15-,16-/m0/s1. The van der Waals surface area contributed by atoms with Gasteiger partial charge in [-0.15, -0.1) is 0 Å². The van der Waals surface area contributed by atoms with Gasteiger partial charge < -0.3 is 14.4 Å². The molecule has 6 heteroatoms. The minimum absolute atomic E-state index is 0.127. The topological polar surface area (TPSA) is 51.1 Å². The number of ether oxygens (including phenoxy) is 2. The summed E-state index contributed by atoms with van der Waals surface area (Å²) in [5.74, 6) is 1.31. The number of benzene rings is 2. The molecule has 0 aromatic heterocycles. The summed E-state index contributed by atoms with van der Waals surface area (Å²) in [5, 5.41) is 0.759. The number of amidine groups is 1. The number of aliphatic imine (C=N–C) groups is 1. The van der Waals surface area contributed by atoms with Gasteiger partial charge in [0, 0.05) is 13.1 Å². The number of carbonyl (C=O) groups is 1. The van der Waals surface area contributed by atoms with E-state index in [1.807, 2.05) is 74.5 Å². The molecule has 144 valence electrons. The first kappa shape index (κ1) is 18.8. The van der Waals surface area contributed by atoms with Gasteiger partial charge in [-0.25, -0.2) is 0 Å². The highest BCUT2D eigenvalue weighted by molar-refractivity contribution is 8.18. The zero-order valence-electron chi connectivity index (χ0n) is 15.9. The minimum Gasteiger partial charge on any atom is -0.457 e. The third-order valence-electron chi connectivity index (χ3n) is 4.43. The van der Waals surface area contributed by atoms with Crippen LogP contribution in [0.5, 0.6) is 11.5 Å². The van der Waals surface area contributed by atoms with Crippen LogP contribution in [0.3, 0.4) is 0 Å². The maximum Gasteiger partial charge on any atom is 0.286 e. The van der Waals surface area contributed by atoms with Crippen molar-refractivity contribution in [3.8, 4) is 11.5 Å². The lowest BCUT2D eigenvalue weighted by Crippen LogP contribution is -2.47. The van der Waals surface area contributed by atoms with Crippen LogP contribution in [-0.2, 0) is 9.53 Å². The van der Waals surface area contributed by atoms with E-state index < -0.39 is 0 Å². The third kappa shape index (κ3) is 4.46. The molecule has 2 atom stereocenters. The fraction of sp³-hybridized carbons (Fsp3) is 0.273. The molecule has 0 aliphatic carbocycles. The molecule has 0 unspecified atom stereocenters. The molecule has 0 saturated carbocycles. The Morgan fingerprint density at radius 2 is 1.79 bits per heavy atom. The third-order valence-corrected chi connectivity index (χ3v) is 5.48. The highest BCUT2D eigenvalue weighted by atomic mass is 32.2. The van der Waals surface area contributed by atoms with E-state index in [9.17, 15) is 4.79 Å². The van der Waals surface area contributed by atoms with Gasteiger partial charge in [0.1, 0.15) is 11.5 Å². The fourth-order valence-electron chi connectivity index (χ4n) is 3.31. The number of thioether (sulfide) groups is 1. The predicted molar refractivity (Wildman–Crippen MR) is 113 cm³/mol. The second-order valence-electron chi connectivity index (χ2n) is 6.96. The van der Waals surface area contributed by atoms with Crippen LogP contribution in [0.2, 0.25) is 0 Å². The molecule has 0 N–H and O–H groups in total. The van der Waals surface area contributed by atoms with Gasteiger partial charge in [0.05, 0.1) is 17.1 Å². The molecule has 2 aromatic carbocycles. The van der Waals surface area contributed by atoms with E-state index in [-0.39, 0.29) is 18.1 Å². The van der Waals surface area contributed by atoms with Crippen molar-refractivity contribution in [3.05, 3.63) is 65.1 Å². The van der Waals surface area contributed by atoms with Gasteiger partial charge in [0.2, 0.25) is 0 Å². The summed E-state index contributed by atoms with van der Waals surface area (Å²) in [7, 11) is 0. The maximum absolute atomic E-state index is 12.4. The highest BCUT2D eigenvalue weighted by Crippen LogP contribution is 2.32. The Morgan fingerprint density at radius 1 is 1.07 bits per heavy atom. The van der Waals surface area contributed by atoms with Gasteiger partial charge in [0.15, 0.2) is 5.17 Å². The zero-order chi connectivity index (χ0) is 19.5. The first-order valence-electron chi connectivity index (χ1n) is 9.33. The smallest absolute Gasteiger partial charge is 0.286 e. The number of carbonyl (C=O) groups excluding carboxylic acids is 1. The van der Waals surface area contributed by atoms with Crippen molar-refractivity contribution in [3.63, 3.8) is 0 Å². The number of hydrogen-bond acceptors (Lipinski definition) is 5. The molecule has 0 radical (unpaired) electrons. The lowest BCUT2D eigenvalue weighted by molar-refractivity contribution is -0.113. The second-order valence-corrected chi connectivity index (χ2v) is 7.97. The SMILES string of the molecule is C[C@H]1CN(C2=NC(=O)/C(=C/c3cccc(Oc4ccccc4)c3)S2)C[C@H](C)O1. The number of nitrogens with zero attached hydrogens (tertiary/aromatic N) is 2. The van der Waals surface area contributed by atoms with E-state index in [0.29, 0.717) is 4.91 Å². The molecule has 28 heavy (non-hydrogen) atoms. The summed E-state index contributed by atoms with van der Waals surface area (Å²) < 4.78 is 11.6. The van der Waals surface area contributed by atoms with Crippen molar-refractivity contribution < 1.29 is 14.3 Å². The lowest BCUT2D eigenvalue weighted by Gasteiger charge is -2.35. The van der Waals surface area contributed by atoms with Crippen LogP contribution < -0.4 is 4.74 Å². The van der Waals surface area contributed by atoms with Gasteiger partial charge in [-0.3, -0.25) is 4.79 Å². The van der Waals surface area contributed by atoms with E-state index in [4.69, 9.17) is 9.47 Å². The van der Waals surface area contributed by atoms with Crippen molar-refractivity contribution >= 4 is 28.9 Å². The molecule has 1 saturated heterocycles. The Balaban J connectivity index is 1.48. The van der Waals surface area contributed by atoms with Crippen LogP contribution in [0.1, 0.15) is 19.4 Å². The summed E-state index contributed by atoms with van der Waals surface area (Å²) in [4.78, 5) is 19.4. The summed E-state index contributed by atoms with van der Waals surface area (Å²) in [6.07, 6.45) is 2.12. The highest BCUT2D eigenvalue weighted by Gasteiger charge is 2.30. The minimum atomic E-state index is -0.193. The van der Waals surface area contributed by atoms with Crippen molar-refractivity contribution in [2.24, 2.45) is 4.99 Å². The first-order valence-corrected chi connectivity index (χ1v) is 10.1. The van der Waals surface area contributed by atoms with Gasteiger partial charge >= 0.3 is 0 Å². The monoisotopic (exact) mass is 394 g/mol. The fourth-order valence-corrected chi connectivity index (χ4v) is 4.24. The normalized spacial score (nSPS) is 23.8. The van der Waals surface area contributed by atoms with Crippen molar-refractivity contribution in [1.29, 1.82) is 0 Å². The van der Waals surface area contributed by atoms with Crippen molar-refractivity contribution in [2.75, 3.05) is 13.1 Å². The molecule has 2 heterocycles. The van der Waals surface area contributed by atoms with Crippen molar-refractivity contribution in [2.45, 2.75) is 26.1 Å². The molecule has 5 nitrogen and oxygen atoms in total. The van der Waals surface area contributed by atoms with Gasteiger partial charge in [-0.1, -0.05) is 30.3 Å². The molecule has 0 bridgehead atoms. The second kappa shape index (κ2) is 8.20. The zero-order valence-corrected chi connectivity index (χ0v) is 16.7. The summed E-state index contributed by atoms with van der Waals surface area (Å²) in [5.41, 5.74) is 0.907. The Kier molecular flexibility index (Phi) is 5.50. The molecular weight excluding hydrogens is 372 g/mol. The van der Waals surface area contributed by atoms with Gasteiger partial charge in [-0.2, -0.15) is 4.99 Å². The van der Waals surface area contributed by atoms with Crippen LogP contribution in [0.4, 0.5) is 0 Å². The molecule has 4 rings (SSSR count). The lowest BCUT2D eigenvalue weighted by atomic mass is 10.2. The van der Waals surface area contributed by atoms with E-state index in [1.54, 1.807) is 0 Å².